The van der Waals surface area contributed by atoms with Gasteiger partial charge < -0.3 is 19.9 Å². The number of nitrogens with zero attached hydrogens (tertiary/aromatic N) is 2. The van der Waals surface area contributed by atoms with Gasteiger partial charge in [0.15, 0.2) is 5.16 Å². The minimum atomic E-state index is -0.180. The normalized spacial score (nSPS) is 10.4. The van der Waals surface area contributed by atoms with E-state index >= 15 is 0 Å². The maximum absolute atomic E-state index is 12.3. The number of hydrogen-bond donors (Lipinski definition) is 2. The summed E-state index contributed by atoms with van der Waals surface area (Å²) in [4.78, 5) is 27.7. The average Bonchev–Trinajstić information content (AvgIpc) is 3.00. The number of rotatable bonds is 8. The molecule has 1 aromatic carbocycles. The molecule has 7 nitrogen and oxygen atoms in total. The van der Waals surface area contributed by atoms with Crippen molar-refractivity contribution in [1.82, 2.24) is 9.55 Å². The van der Waals surface area contributed by atoms with Gasteiger partial charge in [-0.05, 0) is 24.6 Å². The van der Waals surface area contributed by atoms with Crippen LogP contribution in [0.3, 0.4) is 0 Å². The molecule has 1 aromatic heterocycles. The Labute approximate surface area is 151 Å². The van der Waals surface area contributed by atoms with E-state index in [4.69, 9.17) is 4.74 Å². The number of anilines is 2. The number of hydrogen-bond acceptors (Lipinski definition) is 5. The van der Waals surface area contributed by atoms with Crippen LogP contribution in [0.15, 0.2) is 35.7 Å². The number of carbonyl (C=O) groups is 2. The highest BCUT2D eigenvalue weighted by Gasteiger charge is 2.11. The molecule has 0 saturated heterocycles. The van der Waals surface area contributed by atoms with Gasteiger partial charge in [0.25, 0.3) is 0 Å². The van der Waals surface area contributed by atoms with E-state index in [1.807, 2.05) is 10.8 Å². The van der Waals surface area contributed by atoms with Crippen LogP contribution >= 0.6 is 11.8 Å². The first-order valence-corrected chi connectivity index (χ1v) is 8.91. The van der Waals surface area contributed by atoms with Crippen molar-refractivity contribution < 1.29 is 14.3 Å². The summed E-state index contributed by atoms with van der Waals surface area (Å²) < 4.78 is 7.28. The second-order valence-corrected chi connectivity index (χ2v) is 6.28. The van der Waals surface area contributed by atoms with E-state index in [2.05, 4.69) is 22.5 Å². The molecule has 0 fully saturated rings. The zero-order chi connectivity index (χ0) is 18.2. The van der Waals surface area contributed by atoms with Crippen LogP contribution in [-0.2, 0) is 16.1 Å². The number of benzene rings is 1. The van der Waals surface area contributed by atoms with Crippen molar-refractivity contribution in [3.63, 3.8) is 0 Å². The van der Waals surface area contributed by atoms with Crippen molar-refractivity contribution in [3.8, 4) is 5.75 Å². The van der Waals surface area contributed by atoms with Crippen LogP contribution in [0.4, 0.5) is 11.4 Å². The lowest BCUT2D eigenvalue weighted by Crippen LogP contribution is -2.16. The van der Waals surface area contributed by atoms with Gasteiger partial charge in [-0.25, -0.2) is 4.98 Å². The Kier molecular flexibility index (Phi) is 6.88. The second kappa shape index (κ2) is 9.12. The Hall–Kier alpha value is -2.48. The number of aryl methyl sites for hydroxylation is 1. The Bertz CT molecular complexity index is 745. The molecule has 0 aliphatic rings. The zero-order valence-corrected chi connectivity index (χ0v) is 15.4. The van der Waals surface area contributed by atoms with Gasteiger partial charge in [0, 0.05) is 31.5 Å². The molecule has 2 aromatic rings. The largest absolute Gasteiger partial charge is 0.495 e. The molecule has 0 bridgehead atoms. The molecule has 0 radical (unpaired) electrons. The fraction of sp³-hybridized carbons (Fsp3) is 0.353. The van der Waals surface area contributed by atoms with E-state index < -0.39 is 0 Å². The Balaban J connectivity index is 2.01. The summed E-state index contributed by atoms with van der Waals surface area (Å²) in [5.41, 5.74) is 1.10. The molecule has 134 valence electrons. The lowest BCUT2D eigenvalue weighted by Gasteiger charge is -2.12. The first kappa shape index (κ1) is 18.9. The van der Waals surface area contributed by atoms with E-state index in [9.17, 15) is 9.59 Å². The first-order valence-electron chi connectivity index (χ1n) is 7.93. The maximum atomic E-state index is 12.3. The van der Waals surface area contributed by atoms with Crippen LogP contribution in [0.1, 0.15) is 20.3 Å². The summed E-state index contributed by atoms with van der Waals surface area (Å²) >= 11 is 1.38. The van der Waals surface area contributed by atoms with E-state index in [0.29, 0.717) is 17.1 Å². The molecular weight excluding hydrogens is 340 g/mol. The van der Waals surface area contributed by atoms with Crippen molar-refractivity contribution in [1.29, 1.82) is 0 Å². The summed E-state index contributed by atoms with van der Waals surface area (Å²) in [6, 6.07) is 5.08. The van der Waals surface area contributed by atoms with Crippen LogP contribution in [0.5, 0.6) is 5.75 Å². The van der Waals surface area contributed by atoms with E-state index in [-0.39, 0.29) is 17.6 Å². The molecule has 2 rings (SSSR count). The topological polar surface area (TPSA) is 85.3 Å². The van der Waals surface area contributed by atoms with Crippen LogP contribution in [-0.4, -0.2) is 34.2 Å². The number of thioether (sulfide) groups is 1. The Morgan fingerprint density at radius 3 is 2.80 bits per heavy atom. The van der Waals surface area contributed by atoms with Crippen molar-refractivity contribution >= 4 is 35.0 Å². The molecule has 0 aliphatic carbocycles. The highest BCUT2D eigenvalue weighted by atomic mass is 32.2. The van der Waals surface area contributed by atoms with Gasteiger partial charge in [0.05, 0.1) is 18.6 Å². The van der Waals surface area contributed by atoms with Gasteiger partial charge in [0.2, 0.25) is 11.8 Å². The highest BCUT2D eigenvalue weighted by molar-refractivity contribution is 7.99. The standard InChI is InChI=1S/C17H22N4O3S/c1-4-8-21-9-7-18-17(21)25-11-16(23)20-14-10-13(19-12(2)22)5-6-15(14)24-3/h5-7,9-10H,4,8,11H2,1-3H3,(H,19,22)(H,20,23). The van der Waals surface area contributed by atoms with Gasteiger partial charge in [0.1, 0.15) is 5.75 Å². The summed E-state index contributed by atoms with van der Waals surface area (Å²) in [6.07, 6.45) is 4.64. The number of imidazole rings is 1. The Morgan fingerprint density at radius 1 is 1.32 bits per heavy atom. The minimum absolute atomic E-state index is 0.172. The van der Waals surface area contributed by atoms with Crippen molar-refractivity contribution in [2.75, 3.05) is 23.5 Å². The van der Waals surface area contributed by atoms with Gasteiger partial charge in [-0.15, -0.1) is 0 Å². The minimum Gasteiger partial charge on any atom is -0.495 e. The van der Waals surface area contributed by atoms with Crippen LogP contribution < -0.4 is 15.4 Å². The predicted octanol–water partition coefficient (Wildman–Crippen LogP) is 2.99. The monoisotopic (exact) mass is 362 g/mol. The lowest BCUT2D eigenvalue weighted by atomic mass is 10.2. The van der Waals surface area contributed by atoms with Crippen molar-refractivity contribution in [2.45, 2.75) is 32.0 Å². The first-order chi connectivity index (χ1) is 12.0. The number of amides is 2. The van der Waals surface area contributed by atoms with Gasteiger partial charge >= 0.3 is 0 Å². The quantitative estimate of drug-likeness (QED) is 0.705. The molecule has 0 atom stereocenters. The number of methoxy groups -OCH3 is 1. The average molecular weight is 362 g/mol. The zero-order valence-electron chi connectivity index (χ0n) is 14.5. The van der Waals surface area contributed by atoms with Crippen molar-refractivity contribution in [2.24, 2.45) is 0 Å². The van der Waals surface area contributed by atoms with Gasteiger partial charge in [-0.1, -0.05) is 18.7 Å². The van der Waals surface area contributed by atoms with Crippen molar-refractivity contribution in [3.05, 3.63) is 30.6 Å². The van der Waals surface area contributed by atoms with E-state index in [0.717, 1.165) is 18.1 Å². The third-order valence-corrected chi connectivity index (χ3v) is 4.27. The third-order valence-electron chi connectivity index (χ3n) is 3.27. The molecule has 2 N–H and O–H groups in total. The summed E-state index contributed by atoms with van der Waals surface area (Å²) in [5, 5.41) is 6.31. The number of ether oxygens (including phenoxy) is 1. The fourth-order valence-corrected chi connectivity index (χ4v) is 3.04. The number of aromatic nitrogens is 2. The van der Waals surface area contributed by atoms with Crippen LogP contribution in [0, 0.1) is 0 Å². The fourth-order valence-electron chi connectivity index (χ4n) is 2.25. The lowest BCUT2D eigenvalue weighted by molar-refractivity contribution is -0.114. The smallest absolute Gasteiger partial charge is 0.234 e. The van der Waals surface area contributed by atoms with Gasteiger partial charge in [-0.3, -0.25) is 9.59 Å². The molecule has 1 heterocycles. The molecule has 0 unspecified atom stereocenters. The van der Waals surface area contributed by atoms with Gasteiger partial charge in [-0.2, -0.15) is 0 Å². The SMILES string of the molecule is CCCn1ccnc1SCC(=O)Nc1cc(NC(C)=O)ccc1OC. The molecule has 8 heteroatoms. The molecule has 2 amide bonds. The number of nitrogens with one attached hydrogen (secondary N) is 2. The Morgan fingerprint density at radius 2 is 2.12 bits per heavy atom. The number of carbonyl (C=O) groups excluding carboxylic acids is 2. The second-order valence-electron chi connectivity index (χ2n) is 5.34. The summed E-state index contributed by atoms with van der Waals surface area (Å²) in [6.45, 7) is 4.39. The van der Waals surface area contributed by atoms with E-state index in [1.54, 1.807) is 24.4 Å². The highest BCUT2D eigenvalue weighted by Crippen LogP contribution is 2.28. The summed E-state index contributed by atoms with van der Waals surface area (Å²) in [7, 11) is 1.53. The molecule has 0 spiro atoms. The van der Waals surface area contributed by atoms with Crippen LogP contribution in [0.2, 0.25) is 0 Å². The molecule has 25 heavy (non-hydrogen) atoms. The molecule has 0 aliphatic heterocycles. The molecule has 0 saturated carbocycles. The van der Waals surface area contributed by atoms with Crippen LogP contribution in [0.25, 0.3) is 0 Å². The predicted molar refractivity (Wildman–Crippen MR) is 99.2 cm³/mol. The molecular formula is C17H22N4O3S. The maximum Gasteiger partial charge on any atom is 0.234 e. The summed E-state index contributed by atoms with van der Waals surface area (Å²) in [5.74, 6) is 0.406. The third kappa shape index (κ3) is 5.53. The van der Waals surface area contributed by atoms with E-state index in [1.165, 1.54) is 25.8 Å².